The lowest BCUT2D eigenvalue weighted by molar-refractivity contribution is -0.199. The van der Waals surface area contributed by atoms with E-state index in [0.29, 0.717) is 6.42 Å². The first-order chi connectivity index (χ1) is 10.4. The molecule has 0 spiro atoms. The molecule has 2 unspecified atom stereocenters. The highest BCUT2D eigenvalue weighted by atomic mass is 16.6. The van der Waals surface area contributed by atoms with Crippen LogP contribution in [0.1, 0.15) is 52.5 Å². The molecule has 1 aromatic carbocycles. The Kier molecular flexibility index (Phi) is 4.98. The minimum atomic E-state index is -1.01. The highest BCUT2D eigenvalue weighted by molar-refractivity contribution is 5.51. The Morgan fingerprint density at radius 3 is 2.32 bits per heavy atom. The Morgan fingerprint density at radius 2 is 1.82 bits per heavy atom. The van der Waals surface area contributed by atoms with Crippen LogP contribution in [0, 0.1) is 0 Å². The molecule has 0 heterocycles. The second-order valence-corrected chi connectivity index (χ2v) is 6.34. The zero-order valence-corrected chi connectivity index (χ0v) is 14.3. The third kappa shape index (κ3) is 2.37. The normalized spacial score (nSPS) is 28.0. The molecule has 1 aliphatic rings. The second-order valence-electron chi connectivity index (χ2n) is 6.34. The Balaban J connectivity index is 2.55. The summed E-state index contributed by atoms with van der Waals surface area (Å²) in [6.45, 7) is 8.07. The van der Waals surface area contributed by atoms with Crippen molar-refractivity contribution < 1.29 is 14.6 Å². The van der Waals surface area contributed by atoms with Crippen LogP contribution in [-0.2, 0) is 15.1 Å². The molecule has 3 nitrogen and oxygen atoms in total. The maximum Gasteiger partial charge on any atom is 0.182 e. The van der Waals surface area contributed by atoms with Crippen molar-refractivity contribution in [2.24, 2.45) is 0 Å². The van der Waals surface area contributed by atoms with Crippen LogP contribution in [0.25, 0.3) is 0 Å². The van der Waals surface area contributed by atoms with Crippen molar-refractivity contribution in [3.63, 3.8) is 0 Å². The lowest BCUT2D eigenvalue weighted by Crippen LogP contribution is -2.63. The van der Waals surface area contributed by atoms with Crippen LogP contribution in [0.5, 0.6) is 0 Å². The van der Waals surface area contributed by atoms with Crippen LogP contribution in [0.15, 0.2) is 41.7 Å². The molecule has 0 fully saturated rings. The molecular weight excluding hydrogens is 276 g/mol. The molecule has 0 bridgehead atoms. The second kappa shape index (κ2) is 6.43. The third-order valence-electron chi connectivity index (χ3n) is 4.60. The predicted octanol–water partition coefficient (Wildman–Crippen LogP) is 4.16. The van der Waals surface area contributed by atoms with Crippen molar-refractivity contribution in [1.29, 1.82) is 0 Å². The van der Waals surface area contributed by atoms with E-state index in [1.807, 2.05) is 51.1 Å². The Labute approximate surface area is 134 Å². The fraction of sp³-hybridized carbons (Fsp3) is 0.579. The first-order valence-electron chi connectivity index (χ1n) is 8.15. The average molecular weight is 304 g/mol. The van der Waals surface area contributed by atoms with E-state index in [9.17, 15) is 5.11 Å². The zero-order chi connectivity index (χ0) is 16.4. The van der Waals surface area contributed by atoms with Crippen LogP contribution < -0.4 is 0 Å². The van der Waals surface area contributed by atoms with Gasteiger partial charge in [-0.2, -0.15) is 0 Å². The molecule has 1 N–H and O–H groups in total. The Morgan fingerprint density at radius 1 is 1.18 bits per heavy atom. The maximum absolute atomic E-state index is 11.4. The number of hydrogen-bond acceptors (Lipinski definition) is 3. The minimum absolute atomic E-state index is 0.0407. The van der Waals surface area contributed by atoms with Crippen molar-refractivity contribution in [3.05, 3.63) is 47.2 Å². The summed E-state index contributed by atoms with van der Waals surface area (Å²) in [7, 11) is 1.65. The van der Waals surface area contributed by atoms with Gasteiger partial charge in [0.05, 0.1) is 6.10 Å². The number of ether oxygens (including phenoxy) is 2. The van der Waals surface area contributed by atoms with Crippen molar-refractivity contribution in [2.45, 2.75) is 64.3 Å². The van der Waals surface area contributed by atoms with Gasteiger partial charge in [-0.15, -0.1) is 0 Å². The smallest absolute Gasteiger partial charge is 0.182 e. The fourth-order valence-corrected chi connectivity index (χ4v) is 3.47. The van der Waals surface area contributed by atoms with E-state index in [1.165, 1.54) is 0 Å². The van der Waals surface area contributed by atoms with E-state index in [2.05, 4.69) is 6.92 Å². The van der Waals surface area contributed by atoms with E-state index in [-0.39, 0.29) is 6.10 Å². The molecule has 0 aliphatic heterocycles. The van der Waals surface area contributed by atoms with Crippen LogP contribution in [0.3, 0.4) is 0 Å². The molecule has 0 aromatic heterocycles. The molecule has 3 heteroatoms. The van der Waals surface area contributed by atoms with Gasteiger partial charge in [0.1, 0.15) is 11.4 Å². The van der Waals surface area contributed by atoms with Crippen LogP contribution in [-0.4, -0.2) is 23.9 Å². The Hall–Kier alpha value is -1.32. The van der Waals surface area contributed by atoms with E-state index in [4.69, 9.17) is 9.47 Å². The molecule has 22 heavy (non-hydrogen) atoms. The van der Waals surface area contributed by atoms with E-state index < -0.39 is 11.2 Å². The first-order valence-corrected chi connectivity index (χ1v) is 8.15. The van der Waals surface area contributed by atoms with E-state index >= 15 is 0 Å². The fourth-order valence-electron chi connectivity index (χ4n) is 3.47. The third-order valence-corrected chi connectivity index (χ3v) is 4.60. The van der Waals surface area contributed by atoms with Crippen LogP contribution >= 0.6 is 0 Å². The zero-order valence-electron chi connectivity index (χ0n) is 14.3. The highest BCUT2D eigenvalue weighted by Crippen LogP contribution is 2.58. The molecule has 1 aromatic rings. The van der Waals surface area contributed by atoms with Gasteiger partial charge in [0.25, 0.3) is 0 Å². The van der Waals surface area contributed by atoms with Gasteiger partial charge in [0.15, 0.2) is 5.60 Å². The van der Waals surface area contributed by atoms with E-state index in [0.717, 1.165) is 29.7 Å². The molecular formula is C19H28O3. The predicted molar refractivity (Wildman–Crippen MR) is 88.5 cm³/mol. The minimum Gasteiger partial charge on any atom is -0.492 e. The first kappa shape index (κ1) is 17.0. The standard InChI is InChI=1S/C19H28O3/c1-6-7-13-18(20)15(4)17(22-14(2)3)19(18,21-5)16-11-9-8-10-12-16/h8-12,14,20H,6-7,13H2,1-5H3. The summed E-state index contributed by atoms with van der Waals surface area (Å²) in [5.74, 6) is 0.759. The van der Waals surface area contributed by atoms with Gasteiger partial charge in [-0.05, 0) is 32.8 Å². The molecule has 0 saturated carbocycles. The number of methoxy groups -OCH3 is 1. The van der Waals surface area contributed by atoms with Gasteiger partial charge in [-0.3, -0.25) is 0 Å². The van der Waals surface area contributed by atoms with Gasteiger partial charge in [-0.25, -0.2) is 0 Å². The largest absolute Gasteiger partial charge is 0.492 e. The summed E-state index contributed by atoms with van der Waals surface area (Å²) in [5.41, 5.74) is -0.0843. The molecule has 122 valence electrons. The molecule has 0 amide bonds. The summed E-state index contributed by atoms with van der Waals surface area (Å²) in [6, 6.07) is 9.90. The molecule has 2 rings (SSSR count). The monoisotopic (exact) mass is 304 g/mol. The Bertz CT molecular complexity index is 535. The van der Waals surface area contributed by atoms with Crippen molar-refractivity contribution in [1.82, 2.24) is 0 Å². The van der Waals surface area contributed by atoms with Gasteiger partial charge in [0.2, 0.25) is 0 Å². The number of rotatable bonds is 7. The summed E-state index contributed by atoms with van der Waals surface area (Å²) in [4.78, 5) is 0. The van der Waals surface area contributed by atoms with Gasteiger partial charge < -0.3 is 14.6 Å². The van der Waals surface area contributed by atoms with Crippen LogP contribution in [0.4, 0.5) is 0 Å². The van der Waals surface area contributed by atoms with Crippen molar-refractivity contribution in [3.8, 4) is 0 Å². The number of aliphatic hydroxyl groups is 1. The summed E-state index contributed by atoms with van der Waals surface area (Å²) in [5, 5.41) is 11.4. The van der Waals surface area contributed by atoms with Crippen molar-refractivity contribution >= 4 is 0 Å². The summed E-state index contributed by atoms with van der Waals surface area (Å²) < 4.78 is 12.0. The lowest BCUT2D eigenvalue weighted by atomic mass is 9.60. The quantitative estimate of drug-likeness (QED) is 0.822. The SMILES string of the molecule is CCCCC1(O)C(C)=C(OC(C)C)C1(OC)c1ccccc1. The number of unbranched alkanes of at least 4 members (excludes halogenated alkanes) is 1. The topological polar surface area (TPSA) is 38.7 Å². The number of benzene rings is 1. The summed E-state index contributed by atoms with van der Waals surface area (Å²) in [6.07, 6.45) is 2.69. The van der Waals surface area contributed by atoms with Gasteiger partial charge in [0, 0.05) is 12.7 Å². The highest BCUT2D eigenvalue weighted by Gasteiger charge is 2.66. The summed E-state index contributed by atoms with van der Waals surface area (Å²) >= 11 is 0. The molecule has 0 saturated heterocycles. The van der Waals surface area contributed by atoms with Crippen LogP contribution in [0.2, 0.25) is 0 Å². The average Bonchev–Trinajstić information content (AvgIpc) is 2.53. The van der Waals surface area contributed by atoms with E-state index in [1.54, 1.807) is 7.11 Å². The number of hydrogen-bond donors (Lipinski definition) is 1. The van der Waals surface area contributed by atoms with Gasteiger partial charge >= 0.3 is 0 Å². The molecule has 0 radical (unpaired) electrons. The van der Waals surface area contributed by atoms with Gasteiger partial charge in [-0.1, -0.05) is 50.1 Å². The maximum atomic E-state index is 11.4. The molecule has 1 aliphatic carbocycles. The molecule has 2 atom stereocenters. The van der Waals surface area contributed by atoms with Crippen molar-refractivity contribution in [2.75, 3.05) is 7.11 Å². The lowest BCUT2D eigenvalue weighted by Gasteiger charge is -2.56.